The Labute approximate surface area is 69.6 Å². The third kappa shape index (κ3) is 6.32. The van der Waals surface area contributed by atoms with Gasteiger partial charge in [0.05, 0.1) is 19.3 Å². The molecule has 0 aliphatic carbocycles. The molecule has 2 heteroatoms. The highest BCUT2D eigenvalue weighted by atomic mass is 16.5. The number of aliphatic hydroxyl groups is 1. The zero-order valence-electron chi connectivity index (χ0n) is 7.84. The second-order valence-corrected chi connectivity index (χ2v) is 3.25. The van der Waals surface area contributed by atoms with E-state index in [4.69, 9.17) is 9.84 Å². The molecule has 0 saturated heterocycles. The monoisotopic (exact) mass is 160 g/mol. The summed E-state index contributed by atoms with van der Waals surface area (Å²) in [5.74, 6) is 0.679. The van der Waals surface area contributed by atoms with Crippen LogP contribution < -0.4 is 0 Å². The molecule has 1 atom stereocenters. The Morgan fingerprint density at radius 1 is 1.36 bits per heavy atom. The second kappa shape index (κ2) is 6.62. The van der Waals surface area contributed by atoms with Gasteiger partial charge in [-0.3, -0.25) is 0 Å². The molecular formula is C9H20O2. The van der Waals surface area contributed by atoms with Crippen molar-refractivity contribution in [2.24, 2.45) is 5.92 Å². The Hall–Kier alpha value is -0.0800. The lowest BCUT2D eigenvalue weighted by Gasteiger charge is -2.17. The standard InChI is InChI=1S/C9H20O2/c1-4-9(7-8(2)3)11-6-5-10/h8-10H,4-7H2,1-3H3. The average molecular weight is 160 g/mol. The van der Waals surface area contributed by atoms with E-state index in [9.17, 15) is 0 Å². The Morgan fingerprint density at radius 2 is 2.00 bits per heavy atom. The fourth-order valence-corrected chi connectivity index (χ4v) is 1.10. The van der Waals surface area contributed by atoms with Gasteiger partial charge in [-0.05, 0) is 18.8 Å². The van der Waals surface area contributed by atoms with Gasteiger partial charge in [0, 0.05) is 0 Å². The zero-order chi connectivity index (χ0) is 8.69. The topological polar surface area (TPSA) is 29.5 Å². The van der Waals surface area contributed by atoms with Gasteiger partial charge < -0.3 is 9.84 Å². The van der Waals surface area contributed by atoms with Crippen molar-refractivity contribution in [1.82, 2.24) is 0 Å². The predicted molar refractivity (Wildman–Crippen MR) is 46.6 cm³/mol. The van der Waals surface area contributed by atoms with Gasteiger partial charge in [-0.1, -0.05) is 20.8 Å². The molecule has 0 spiro atoms. The van der Waals surface area contributed by atoms with E-state index in [0.717, 1.165) is 12.8 Å². The molecule has 0 aromatic carbocycles. The summed E-state index contributed by atoms with van der Waals surface area (Å²) in [6.07, 6.45) is 2.47. The molecule has 11 heavy (non-hydrogen) atoms. The van der Waals surface area contributed by atoms with Crippen molar-refractivity contribution in [3.8, 4) is 0 Å². The molecule has 0 bridgehead atoms. The molecule has 0 fully saturated rings. The van der Waals surface area contributed by atoms with E-state index in [2.05, 4.69) is 20.8 Å². The van der Waals surface area contributed by atoms with Crippen LogP contribution in [0.25, 0.3) is 0 Å². The molecule has 0 rings (SSSR count). The largest absolute Gasteiger partial charge is 0.394 e. The molecule has 0 aliphatic heterocycles. The van der Waals surface area contributed by atoms with E-state index < -0.39 is 0 Å². The van der Waals surface area contributed by atoms with E-state index >= 15 is 0 Å². The lowest BCUT2D eigenvalue weighted by Crippen LogP contribution is -2.16. The first-order valence-electron chi connectivity index (χ1n) is 4.43. The number of aliphatic hydroxyl groups excluding tert-OH is 1. The van der Waals surface area contributed by atoms with Crippen LogP contribution in [0.15, 0.2) is 0 Å². The Kier molecular flexibility index (Phi) is 6.57. The van der Waals surface area contributed by atoms with E-state index in [1.165, 1.54) is 0 Å². The molecule has 0 aliphatic rings. The molecule has 0 aromatic rings. The number of hydrogen-bond acceptors (Lipinski definition) is 2. The molecule has 0 radical (unpaired) electrons. The van der Waals surface area contributed by atoms with E-state index in [1.807, 2.05) is 0 Å². The first-order chi connectivity index (χ1) is 5.20. The summed E-state index contributed by atoms with van der Waals surface area (Å²) in [6.45, 7) is 7.10. The van der Waals surface area contributed by atoms with Crippen LogP contribution in [0.3, 0.4) is 0 Å². The van der Waals surface area contributed by atoms with Crippen LogP contribution in [0, 0.1) is 5.92 Å². The number of hydrogen-bond donors (Lipinski definition) is 1. The maximum absolute atomic E-state index is 8.52. The maximum Gasteiger partial charge on any atom is 0.0701 e. The molecule has 2 nitrogen and oxygen atoms in total. The fraction of sp³-hybridized carbons (Fsp3) is 1.00. The Bertz CT molecular complexity index is 81.6. The summed E-state index contributed by atoms with van der Waals surface area (Å²) in [5, 5.41) is 8.52. The van der Waals surface area contributed by atoms with Crippen molar-refractivity contribution in [3.05, 3.63) is 0 Å². The molecular weight excluding hydrogens is 140 g/mol. The molecule has 1 unspecified atom stereocenters. The third-order valence-electron chi connectivity index (χ3n) is 1.63. The quantitative estimate of drug-likeness (QED) is 0.642. The minimum atomic E-state index is 0.134. The summed E-state index contributed by atoms with van der Waals surface area (Å²) in [6, 6.07) is 0. The highest BCUT2D eigenvalue weighted by molar-refractivity contribution is 4.57. The van der Waals surface area contributed by atoms with Crippen molar-refractivity contribution < 1.29 is 9.84 Å². The van der Waals surface area contributed by atoms with Crippen molar-refractivity contribution >= 4 is 0 Å². The summed E-state index contributed by atoms with van der Waals surface area (Å²) >= 11 is 0. The normalized spacial score (nSPS) is 13.9. The van der Waals surface area contributed by atoms with Crippen molar-refractivity contribution in [1.29, 1.82) is 0 Å². The van der Waals surface area contributed by atoms with Crippen molar-refractivity contribution in [2.75, 3.05) is 13.2 Å². The number of ether oxygens (including phenoxy) is 1. The van der Waals surface area contributed by atoms with E-state index in [-0.39, 0.29) is 6.61 Å². The third-order valence-corrected chi connectivity index (χ3v) is 1.63. The minimum absolute atomic E-state index is 0.134. The zero-order valence-corrected chi connectivity index (χ0v) is 7.84. The van der Waals surface area contributed by atoms with Gasteiger partial charge >= 0.3 is 0 Å². The molecule has 0 aromatic heterocycles. The van der Waals surface area contributed by atoms with Crippen LogP contribution in [0.5, 0.6) is 0 Å². The van der Waals surface area contributed by atoms with Crippen LogP contribution in [-0.4, -0.2) is 24.4 Å². The maximum atomic E-state index is 8.52. The van der Waals surface area contributed by atoms with Gasteiger partial charge in [-0.25, -0.2) is 0 Å². The van der Waals surface area contributed by atoms with Crippen molar-refractivity contribution in [2.45, 2.75) is 39.7 Å². The molecule has 1 N–H and O–H groups in total. The molecule has 68 valence electrons. The van der Waals surface area contributed by atoms with Crippen molar-refractivity contribution in [3.63, 3.8) is 0 Å². The lowest BCUT2D eigenvalue weighted by molar-refractivity contribution is 0.0156. The van der Waals surface area contributed by atoms with E-state index in [0.29, 0.717) is 18.6 Å². The second-order valence-electron chi connectivity index (χ2n) is 3.25. The summed E-state index contributed by atoms with van der Waals surface area (Å²) in [7, 11) is 0. The highest BCUT2D eigenvalue weighted by Gasteiger charge is 2.07. The lowest BCUT2D eigenvalue weighted by atomic mass is 10.0. The highest BCUT2D eigenvalue weighted by Crippen LogP contribution is 2.10. The predicted octanol–water partition coefficient (Wildman–Crippen LogP) is 1.82. The van der Waals surface area contributed by atoms with Gasteiger partial charge in [-0.15, -0.1) is 0 Å². The number of rotatable bonds is 6. The summed E-state index contributed by atoms with van der Waals surface area (Å²) in [5.41, 5.74) is 0. The minimum Gasteiger partial charge on any atom is -0.394 e. The first kappa shape index (κ1) is 10.9. The van der Waals surface area contributed by atoms with Gasteiger partial charge in [-0.2, -0.15) is 0 Å². The molecule has 0 amide bonds. The average Bonchev–Trinajstić information content (AvgIpc) is 1.97. The molecule has 0 heterocycles. The van der Waals surface area contributed by atoms with Gasteiger partial charge in [0.1, 0.15) is 0 Å². The smallest absolute Gasteiger partial charge is 0.0701 e. The summed E-state index contributed by atoms with van der Waals surface area (Å²) in [4.78, 5) is 0. The Morgan fingerprint density at radius 3 is 2.36 bits per heavy atom. The Balaban J connectivity index is 3.41. The van der Waals surface area contributed by atoms with Gasteiger partial charge in [0.2, 0.25) is 0 Å². The SMILES string of the molecule is CCC(CC(C)C)OCCO. The van der Waals surface area contributed by atoms with Crippen LogP contribution in [0.2, 0.25) is 0 Å². The van der Waals surface area contributed by atoms with Crippen LogP contribution >= 0.6 is 0 Å². The van der Waals surface area contributed by atoms with Crippen LogP contribution in [0.4, 0.5) is 0 Å². The van der Waals surface area contributed by atoms with Crippen LogP contribution in [0.1, 0.15) is 33.6 Å². The summed E-state index contributed by atoms with van der Waals surface area (Å²) < 4.78 is 5.40. The van der Waals surface area contributed by atoms with Gasteiger partial charge in [0.25, 0.3) is 0 Å². The van der Waals surface area contributed by atoms with E-state index in [1.54, 1.807) is 0 Å². The molecule has 0 saturated carbocycles. The fourth-order valence-electron chi connectivity index (χ4n) is 1.10. The van der Waals surface area contributed by atoms with Crippen LogP contribution in [-0.2, 0) is 4.74 Å². The first-order valence-corrected chi connectivity index (χ1v) is 4.43. The van der Waals surface area contributed by atoms with Gasteiger partial charge in [0.15, 0.2) is 0 Å².